The Morgan fingerprint density at radius 3 is 2.52 bits per heavy atom. The fourth-order valence-electron chi connectivity index (χ4n) is 4.44. The van der Waals surface area contributed by atoms with Gasteiger partial charge in [-0.1, -0.05) is 19.9 Å². The zero-order chi connectivity index (χ0) is 22.9. The van der Waals surface area contributed by atoms with Gasteiger partial charge in [0.25, 0.3) is 0 Å². The molecule has 0 saturated carbocycles. The Bertz CT molecular complexity index is 1270. The van der Waals surface area contributed by atoms with E-state index in [1.165, 1.54) is 12.1 Å². The summed E-state index contributed by atoms with van der Waals surface area (Å²) in [4.78, 5) is 15.5. The molecule has 3 N–H and O–H groups in total. The Kier molecular flexibility index (Phi) is 5.72. The number of nitrogens with one attached hydrogen (secondary N) is 3. The molecule has 4 aromatic rings. The number of benzene rings is 1. The summed E-state index contributed by atoms with van der Waals surface area (Å²) in [5, 5.41) is 8.13. The van der Waals surface area contributed by atoms with Crippen LogP contribution in [0.25, 0.3) is 22.3 Å². The van der Waals surface area contributed by atoms with Crippen LogP contribution in [0.4, 0.5) is 21.6 Å². The maximum absolute atomic E-state index is 13.4. The van der Waals surface area contributed by atoms with Gasteiger partial charge in [0.1, 0.15) is 17.3 Å². The van der Waals surface area contributed by atoms with Crippen LogP contribution in [0.5, 0.6) is 0 Å². The molecular formula is C26H29FN6. The number of H-pyrrole nitrogens is 1. The molecule has 0 atom stereocenters. The predicted octanol–water partition coefficient (Wildman–Crippen LogP) is 5.35. The van der Waals surface area contributed by atoms with Gasteiger partial charge in [-0.3, -0.25) is 0 Å². The van der Waals surface area contributed by atoms with Crippen LogP contribution in [0.2, 0.25) is 0 Å². The first-order chi connectivity index (χ1) is 16.0. The number of aromatic amines is 1. The van der Waals surface area contributed by atoms with Gasteiger partial charge in [-0.25, -0.2) is 14.4 Å². The van der Waals surface area contributed by atoms with Gasteiger partial charge in [-0.05, 0) is 54.8 Å². The van der Waals surface area contributed by atoms with Gasteiger partial charge in [0.15, 0.2) is 0 Å². The first kappa shape index (κ1) is 21.4. The molecular weight excluding hydrogens is 415 g/mol. The molecule has 0 aliphatic carbocycles. The summed E-state index contributed by atoms with van der Waals surface area (Å²) < 4.78 is 13.4. The largest absolute Gasteiger partial charge is 0.367 e. The number of aryl methyl sites for hydroxylation is 1. The number of hydrogen-bond acceptors (Lipinski definition) is 5. The van der Waals surface area contributed by atoms with Gasteiger partial charge >= 0.3 is 0 Å². The van der Waals surface area contributed by atoms with Crippen molar-refractivity contribution in [3.05, 3.63) is 65.7 Å². The number of halogens is 1. The molecule has 6 nitrogen and oxygen atoms in total. The average Bonchev–Trinajstić information content (AvgIpc) is 3.24. The van der Waals surface area contributed by atoms with Crippen molar-refractivity contribution in [2.24, 2.45) is 0 Å². The Morgan fingerprint density at radius 2 is 1.79 bits per heavy atom. The van der Waals surface area contributed by atoms with E-state index in [9.17, 15) is 4.39 Å². The van der Waals surface area contributed by atoms with E-state index in [4.69, 9.17) is 9.97 Å². The zero-order valence-electron chi connectivity index (χ0n) is 19.2. The third-order valence-corrected chi connectivity index (χ3v) is 6.15. The Morgan fingerprint density at radius 1 is 1.03 bits per heavy atom. The molecule has 33 heavy (non-hydrogen) atoms. The lowest BCUT2D eigenvalue weighted by Gasteiger charge is -2.29. The van der Waals surface area contributed by atoms with E-state index >= 15 is 0 Å². The van der Waals surface area contributed by atoms with Crippen LogP contribution < -0.4 is 15.5 Å². The van der Waals surface area contributed by atoms with Crippen molar-refractivity contribution in [3.8, 4) is 11.3 Å². The first-order valence-electron chi connectivity index (χ1n) is 11.5. The zero-order valence-corrected chi connectivity index (χ0v) is 19.2. The minimum atomic E-state index is -0.251. The van der Waals surface area contributed by atoms with E-state index < -0.39 is 0 Å². The number of nitrogens with zero attached hydrogens (tertiary/aromatic N) is 3. The van der Waals surface area contributed by atoms with Gasteiger partial charge in [-0.2, -0.15) is 0 Å². The maximum Gasteiger partial charge on any atom is 0.141 e. The Labute approximate surface area is 193 Å². The molecule has 0 spiro atoms. The van der Waals surface area contributed by atoms with Crippen LogP contribution >= 0.6 is 0 Å². The van der Waals surface area contributed by atoms with E-state index in [0.717, 1.165) is 76.9 Å². The number of anilines is 3. The quantitative estimate of drug-likeness (QED) is 0.387. The van der Waals surface area contributed by atoms with Gasteiger partial charge in [0, 0.05) is 43.6 Å². The fraction of sp³-hybridized carbons (Fsp3) is 0.308. The predicted molar refractivity (Wildman–Crippen MR) is 133 cm³/mol. The lowest BCUT2D eigenvalue weighted by molar-refractivity contribution is 0.590. The SMILES string of the molecule is Cc1cc(Nc2nc(-c3ccc(F)cc3)ccc2C(C)C)c2c(N3CCNCC3)c[nH]c2n1. The Hall–Kier alpha value is -3.45. The van der Waals surface area contributed by atoms with E-state index in [0.29, 0.717) is 5.92 Å². The highest BCUT2D eigenvalue weighted by Gasteiger charge is 2.20. The number of piperazine rings is 1. The molecule has 170 valence electrons. The summed E-state index contributed by atoms with van der Waals surface area (Å²) >= 11 is 0. The van der Waals surface area contributed by atoms with Crippen molar-refractivity contribution in [2.45, 2.75) is 26.7 Å². The molecule has 3 aromatic heterocycles. The highest BCUT2D eigenvalue weighted by Crippen LogP contribution is 2.36. The second-order valence-corrected chi connectivity index (χ2v) is 8.87. The van der Waals surface area contributed by atoms with Crippen LogP contribution in [-0.2, 0) is 0 Å². The smallest absolute Gasteiger partial charge is 0.141 e. The lowest BCUT2D eigenvalue weighted by Crippen LogP contribution is -2.43. The van der Waals surface area contributed by atoms with Crippen LogP contribution in [0.3, 0.4) is 0 Å². The molecule has 1 aliphatic rings. The van der Waals surface area contributed by atoms with Gasteiger partial charge < -0.3 is 20.5 Å². The molecule has 1 aliphatic heterocycles. The van der Waals surface area contributed by atoms with Crippen molar-refractivity contribution < 1.29 is 4.39 Å². The third-order valence-electron chi connectivity index (χ3n) is 6.15. The first-order valence-corrected chi connectivity index (χ1v) is 11.5. The average molecular weight is 445 g/mol. The number of pyridine rings is 2. The van der Waals surface area contributed by atoms with Crippen molar-refractivity contribution in [2.75, 3.05) is 36.4 Å². The summed E-state index contributed by atoms with van der Waals surface area (Å²) in [6.45, 7) is 10.2. The van der Waals surface area contributed by atoms with Gasteiger partial charge in [0.05, 0.1) is 22.5 Å². The number of aromatic nitrogens is 3. The van der Waals surface area contributed by atoms with Crippen molar-refractivity contribution >= 4 is 28.2 Å². The number of hydrogen-bond donors (Lipinski definition) is 3. The van der Waals surface area contributed by atoms with Gasteiger partial charge in [0.2, 0.25) is 0 Å². The van der Waals surface area contributed by atoms with Gasteiger partial charge in [-0.15, -0.1) is 0 Å². The topological polar surface area (TPSA) is 68.9 Å². The lowest BCUT2D eigenvalue weighted by atomic mass is 10.0. The molecule has 1 fully saturated rings. The second kappa shape index (κ2) is 8.83. The molecule has 0 bridgehead atoms. The van der Waals surface area contributed by atoms with Crippen molar-refractivity contribution in [1.29, 1.82) is 0 Å². The van der Waals surface area contributed by atoms with Crippen LogP contribution in [-0.4, -0.2) is 41.1 Å². The summed E-state index contributed by atoms with van der Waals surface area (Å²) in [7, 11) is 0. The highest BCUT2D eigenvalue weighted by atomic mass is 19.1. The molecule has 1 saturated heterocycles. The summed E-state index contributed by atoms with van der Waals surface area (Å²) in [5.74, 6) is 0.851. The standard InChI is InChI=1S/C26H29FN6/c1-16(2)20-8-9-21(18-4-6-19(27)7-5-18)31-25(20)32-22-14-17(3)30-26-24(22)23(15-29-26)33-12-10-28-11-13-33/h4-9,14-16,28H,10-13H2,1-3H3,(H2,29,30,31,32). The molecule has 0 unspecified atom stereocenters. The minimum absolute atomic E-state index is 0.251. The summed E-state index contributed by atoms with van der Waals surface area (Å²) in [5.41, 5.74) is 6.75. The van der Waals surface area contributed by atoms with E-state index in [2.05, 4.69) is 52.7 Å². The fourth-order valence-corrected chi connectivity index (χ4v) is 4.44. The normalized spacial score (nSPS) is 14.3. The molecule has 7 heteroatoms. The van der Waals surface area contributed by atoms with E-state index in [-0.39, 0.29) is 5.82 Å². The molecule has 0 radical (unpaired) electrons. The van der Waals surface area contributed by atoms with E-state index in [1.54, 1.807) is 12.1 Å². The second-order valence-electron chi connectivity index (χ2n) is 8.87. The van der Waals surface area contributed by atoms with Crippen LogP contribution in [0, 0.1) is 12.7 Å². The van der Waals surface area contributed by atoms with Crippen molar-refractivity contribution in [1.82, 2.24) is 20.3 Å². The minimum Gasteiger partial charge on any atom is -0.367 e. The summed E-state index contributed by atoms with van der Waals surface area (Å²) in [6, 6.07) is 12.7. The highest BCUT2D eigenvalue weighted by molar-refractivity contribution is 6.02. The Balaban J connectivity index is 1.60. The number of fused-ring (bicyclic) bond motifs is 1. The van der Waals surface area contributed by atoms with Crippen LogP contribution in [0.15, 0.2) is 48.7 Å². The molecule has 1 aromatic carbocycles. The monoisotopic (exact) mass is 444 g/mol. The van der Waals surface area contributed by atoms with Crippen molar-refractivity contribution in [3.63, 3.8) is 0 Å². The maximum atomic E-state index is 13.4. The van der Waals surface area contributed by atoms with Crippen LogP contribution in [0.1, 0.15) is 31.0 Å². The molecule has 0 amide bonds. The molecule has 5 rings (SSSR count). The molecule has 4 heterocycles. The third kappa shape index (κ3) is 4.28. The van der Waals surface area contributed by atoms with E-state index in [1.807, 2.05) is 13.0 Å². The summed E-state index contributed by atoms with van der Waals surface area (Å²) in [6.07, 6.45) is 2.05. The number of rotatable bonds is 5.